The van der Waals surface area contributed by atoms with Crippen molar-refractivity contribution in [2.75, 3.05) is 21.3 Å². The number of aromatic hydroxyl groups is 1. The van der Waals surface area contributed by atoms with E-state index in [9.17, 15) is 5.11 Å². The minimum Gasteiger partial charge on any atom is -0.507 e. The Kier molecular flexibility index (Phi) is 5.71. The summed E-state index contributed by atoms with van der Waals surface area (Å²) in [5, 5.41) is 10.3. The Balaban J connectivity index is 2.23. The number of hydrogen-bond donors (Lipinski definition) is 1. The van der Waals surface area contributed by atoms with Gasteiger partial charge in [0.25, 0.3) is 0 Å². The number of rotatable bonds is 6. The van der Waals surface area contributed by atoms with Gasteiger partial charge < -0.3 is 19.3 Å². The van der Waals surface area contributed by atoms with E-state index in [1.165, 1.54) is 6.07 Å². The summed E-state index contributed by atoms with van der Waals surface area (Å²) in [7, 11) is 4.68. The predicted octanol–water partition coefficient (Wildman–Crippen LogP) is 3.69. The first-order valence-electron chi connectivity index (χ1n) is 6.86. The zero-order valence-corrected chi connectivity index (χ0v) is 13.9. The van der Waals surface area contributed by atoms with Gasteiger partial charge in [-0.2, -0.15) is 0 Å². The van der Waals surface area contributed by atoms with Crippen LogP contribution in [0.5, 0.6) is 23.0 Å². The maximum atomic E-state index is 9.76. The molecular formula is C17H18ClNO4. The standard InChI is InChI=1S/C17H18ClNO4/c1-21-15-6-11(7-16(22-2)17(15)23-3)9-19-10-12-8-13(18)4-5-14(12)20/h4-8,10,20H,9H2,1-3H3. The van der Waals surface area contributed by atoms with Gasteiger partial charge in [-0.3, -0.25) is 4.99 Å². The van der Waals surface area contributed by atoms with Crippen molar-refractivity contribution in [2.45, 2.75) is 6.54 Å². The number of hydrogen-bond acceptors (Lipinski definition) is 5. The van der Waals surface area contributed by atoms with Gasteiger partial charge in [0.15, 0.2) is 11.5 Å². The normalized spacial score (nSPS) is 10.8. The Bertz CT molecular complexity index is 691. The highest BCUT2D eigenvalue weighted by Crippen LogP contribution is 2.38. The second-order valence-electron chi connectivity index (χ2n) is 4.71. The van der Waals surface area contributed by atoms with E-state index in [1.54, 1.807) is 39.7 Å². The van der Waals surface area contributed by atoms with Crippen molar-refractivity contribution in [3.8, 4) is 23.0 Å². The van der Waals surface area contributed by atoms with Crippen LogP contribution >= 0.6 is 11.6 Å². The molecule has 0 aliphatic rings. The molecule has 0 aliphatic carbocycles. The van der Waals surface area contributed by atoms with E-state index >= 15 is 0 Å². The molecule has 2 rings (SSSR count). The molecule has 0 bridgehead atoms. The topological polar surface area (TPSA) is 60.3 Å². The molecule has 23 heavy (non-hydrogen) atoms. The van der Waals surface area contributed by atoms with Crippen molar-refractivity contribution >= 4 is 17.8 Å². The number of methoxy groups -OCH3 is 3. The van der Waals surface area contributed by atoms with Gasteiger partial charge in [0, 0.05) is 16.8 Å². The van der Waals surface area contributed by atoms with E-state index in [0.717, 1.165) is 5.56 Å². The van der Waals surface area contributed by atoms with E-state index in [2.05, 4.69) is 4.99 Å². The van der Waals surface area contributed by atoms with E-state index in [4.69, 9.17) is 25.8 Å². The highest BCUT2D eigenvalue weighted by molar-refractivity contribution is 6.30. The largest absolute Gasteiger partial charge is 0.507 e. The molecule has 0 saturated heterocycles. The number of aliphatic imine (C=N–C) groups is 1. The van der Waals surface area contributed by atoms with Gasteiger partial charge in [-0.05, 0) is 35.9 Å². The van der Waals surface area contributed by atoms with Crippen LogP contribution in [0.3, 0.4) is 0 Å². The Morgan fingerprint density at radius 1 is 1.04 bits per heavy atom. The minimum absolute atomic E-state index is 0.128. The Morgan fingerprint density at radius 2 is 1.70 bits per heavy atom. The van der Waals surface area contributed by atoms with Crippen LogP contribution < -0.4 is 14.2 Å². The minimum atomic E-state index is 0.128. The number of ether oxygens (including phenoxy) is 3. The van der Waals surface area contributed by atoms with Crippen LogP contribution in [0.1, 0.15) is 11.1 Å². The Morgan fingerprint density at radius 3 is 2.26 bits per heavy atom. The third-order valence-electron chi connectivity index (χ3n) is 3.22. The average molecular weight is 336 g/mol. The van der Waals surface area contributed by atoms with Crippen LogP contribution in [0.25, 0.3) is 0 Å². The number of phenols is 1. The molecule has 122 valence electrons. The van der Waals surface area contributed by atoms with Crippen LogP contribution in [0.15, 0.2) is 35.3 Å². The van der Waals surface area contributed by atoms with E-state index in [0.29, 0.717) is 34.4 Å². The molecule has 1 N–H and O–H groups in total. The van der Waals surface area contributed by atoms with Crippen molar-refractivity contribution in [3.63, 3.8) is 0 Å². The Hall–Kier alpha value is -2.40. The highest BCUT2D eigenvalue weighted by Gasteiger charge is 2.12. The maximum Gasteiger partial charge on any atom is 0.203 e. The molecular weight excluding hydrogens is 318 g/mol. The average Bonchev–Trinajstić information content (AvgIpc) is 2.56. The van der Waals surface area contributed by atoms with Gasteiger partial charge in [-0.1, -0.05) is 11.6 Å². The molecule has 0 fully saturated rings. The van der Waals surface area contributed by atoms with E-state index < -0.39 is 0 Å². The number of benzene rings is 2. The van der Waals surface area contributed by atoms with Crippen molar-refractivity contribution < 1.29 is 19.3 Å². The summed E-state index contributed by atoms with van der Waals surface area (Å²) in [6, 6.07) is 8.46. The van der Waals surface area contributed by atoms with Crippen molar-refractivity contribution in [1.82, 2.24) is 0 Å². The van der Waals surface area contributed by atoms with Crippen LogP contribution in [-0.4, -0.2) is 32.7 Å². The van der Waals surface area contributed by atoms with Crippen LogP contribution in [-0.2, 0) is 6.54 Å². The van der Waals surface area contributed by atoms with E-state index in [1.807, 2.05) is 12.1 Å². The maximum absolute atomic E-state index is 9.76. The fourth-order valence-corrected chi connectivity index (χ4v) is 2.29. The fourth-order valence-electron chi connectivity index (χ4n) is 2.10. The number of phenolic OH excluding ortho intramolecular Hbond substituents is 1. The molecule has 0 amide bonds. The van der Waals surface area contributed by atoms with Crippen LogP contribution in [0, 0.1) is 0 Å². The van der Waals surface area contributed by atoms with Gasteiger partial charge in [-0.25, -0.2) is 0 Å². The SMILES string of the molecule is COc1cc(CN=Cc2cc(Cl)ccc2O)cc(OC)c1OC. The quantitative estimate of drug-likeness (QED) is 0.818. The summed E-state index contributed by atoms with van der Waals surface area (Å²) in [6.07, 6.45) is 1.57. The lowest BCUT2D eigenvalue weighted by Gasteiger charge is -2.13. The van der Waals surface area contributed by atoms with Gasteiger partial charge in [0.2, 0.25) is 5.75 Å². The number of nitrogens with zero attached hydrogens (tertiary/aromatic N) is 1. The Labute approximate surface area is 140 Å². The van der Waals surface area contributed by atoms with Crippen LogP contribution in [0.4, 0.5) is 0 Å². The van der Waals surface area contributed by atoms with Gasteiger partial charge in [0.1, 0.15) is 5.75 Å². The molecule has 2 aromatic carbocycles. The summed E-state index contributed by atoms with van der Waals surface area (Å²) in [4.78, 5) is 4.32. The molecule has 0 heterocycles. The molecule has 0 spiro atoms. The highest BCUT2D eigenvalue weighted by atomic mass is 35.5. The molecule has 0 aliphatic heterocycles. The van der Waals surface area contributed by atoms with Gasteiger partial charge >= 0.3 is 0 Å². The smallest absolute Gasteiger partial charge is 0.203 e. The van der Waals surface area contributed by atoms with Gasteiger partial charge in [-0.15, -0.1) is 0 Å². The first-order chi connectivity index (χ1) is 11.1. The van der Waals surface area contributed by atoms with Gasteiger partial charge in [0.05, 0.1) is 27.9 Å². The summed E-state index contributed by atoms with van der Waals surface area (Å²) in [5.74, 6) is 1.81. The van der Waals surface area contributed by atoms with Crippen molar-refractivity contribution in [1.29, 1.82) is 0 Å². The zero-order valence-electron chi connectivity index (χ0n) is 13.2. The summed E-state index contributed by atoms with van der Waals surface area (Å²) >= 11 is 5.91. The molecule has 0 radical (unpaired) electrons. The first kappa shape index (κ1) is 17.0. The number of halogens is 1. The molecule has 0 saturated carbocycles. The molecule has 0 aromatic heterocycles. The fraction of sp³-hybridized carbons (Fsp3) is 0.235. The lowest BCUT2D eigenvalue weighted by molar-refractivity contribution is 0.324. The lowest BCUT2D eigenvalue weighted by Crippen LogP contribution is -1.97. The molecule has 6 heteroatoms. The van der Waals surface area contributed by atoms with E-state index in [-0.39, 0.29) is 5.75 Å². The monoisotopic (exact) mass is 335 g/mol. The molecule has 2 aromatic rings. The second-order valence-corrected chi connectivity index (χ2v) is 5.14. The summed E-state index contributed by atoms with van der Waals surface area (Å²) in [6.45, 7) is 0.392. The first-order valence-corrected chi connectivity index (χ1v) is 7.24. The molecule has 0 atom stereocenters. The van der Waals surface area contributed by atoms with Crippen LogP contribution in [0.2, 0.25) is 5.02 Å². The zero-order chi connectivity index (χ0) is 16.8. The summed E-state index contributed by atoms with van der Waals surface area (Å²) < 4.78 is 15.9. The van der Waals surface area contributed by atoms with Crippen molar-refractivity contribution in [2.24, 2.45) is 4.99 Å². The third kappa shape index (κ3) is 4.07. The third-order valence-corrected chi connectivity index (χ3v) is 3.45. The second kappa shape index (κ2) is 7.74. The molecule has 5 nitrogen and oxygen atoms in total. The molecule has 0 unspecified atom stereocenters. The lowest BCUT2D eigenvalue weighted by atomic mass is 10.1. The summed E-state index contributed by atoms with van der Waals surface area (Å²) in [5.41, 5.74) is 1.45. The van der Waals surface area contributed by atoms with Crippen molar-refractivity contribution in [3.05, 3.63) is 46.5 Å². The predicted molar refractivity (Wildman–Crippen MR) is 90.5 cm³/mol.